The van der Waals surface area contributed by atoms with Crippen molar-refractivity contribution in [3.05, 3.63) is 41.0 Å². The number of hydrogen-bond donors (Lipinski definition) is 1. The first kappa shape index (κ1) is 13.5. The van der Waals surface area contributed by atoms with Crippen LogP contribution in [0.3, 0.4) is 0 Å². The number of nitrogens with zero attached hydrogens (tertiary/aromatic N) is 2. The van der Waals surface area contributed by atoms with E-state index in [0.717, 1.165) is 23.3 Å². The van der Waals surface area contributed by atoms with Crippen LogP contribution < -0.4 is 10.5 Å². The van der Waals surface area contributed by atoms with Gasteiger partial charge in [-0.3, -0.25) is 0 Å². The minimum absolute atomic E-state index is 0.0251. The molecule has 0 unspecified atom stereocenters. The molecule has 5 nitrogen and oxygen atoms in total. The summed E-state index contributed by atoms with van der Waals surface area (Å²) in [6.07, 6.45) is 0.731. The highest BCUT2D eigenvalue weighted by Gasteiger charge is 2.08. The predicted octanol–water partition coefficient (Wildman–Crippen LogP) is 2.54. The van der Waals surface area contributed by atoms with Gasteiger partial charge in [-0.05, 0) is 31.0 Å². The van der Waals surface area contributed by atoms with Crippen LogP contribution >= 0.6 is 0 Å². The quantitative estimate of drug-likeness (QED) is 0.895. The van der Waals surface area contributed by atoms with Gasteiger partial charge in [0.1, 0.15) is 5.75 Å². The predicted molar refractivity (Wildman–Crippen MR) is 71.8 cm³/mol. The monoisotopic (exact) mass is 261 g/mol. The van der Waals surface area contributed by atoms with E-state index in [0.29, 0.717) is 18.3 Å². The third kappa shape index (κ3) is 3.32. The Balaban J connectivity index is 2.03. The van der Waals surface area contributed by atoms with Gasteiger partial charge in [0.05, 0.1) is 0 Å². The molecule has 0 aliphatic heterocycles. The molecule has 0 spiro atoms. The molecule has 1 atom stereocenters. The van der Waals surface area contributed by atoms with E-state index >= 15 is 0 Å². The number of aromatic nitrogens is 2. The van der Waals surface area contributed by atoms with E-state index < -0.39 is 0 Å². The van der Waals surface area contributed by atoms with Crippen LogP contribution in [-0.4, -0.2) is 10.1 Å². The molecule has 102 valence electrons. The molecule has 0 saturated carbocycles. The van der Waals surface area contributed by atoms with Crippen LogP contribution in [0.15, 0.2) is 22.7 Å². The summed E-state index contributed by atoms with van der Waals surface area (Å²) >= 11 is 0. The van der Waals surface area contributed by atoms with Gasteiger partial charge in [-0.15, -0.1) is 0 Å². The summed E-state index contributed by atoms with van der Waals surface area (Å²) < 4.78 is 10.7. The lowest BCUT2D eigenvalue weighted by Gasteiger charge is -2.11. The van der Waals surface area contributed by atoms with E-state index in [9.17, 15) is 0 Å². The standard InChI is InChI=1S/C14H19N3O2/c1-4-14-16-13(17-19-14)8-18-12-6-5-11(10(3)15)7-9(12)2/h5-7,10H,4,8,15H2,1-3H3/t10-/m1/s1. The van der Waals surface area contributed by atoms with E-state index in [1.807, 2.05) is 39.0 Å². The Labute approximate surface area is 112 Å². The maximum Gasteiger partial charge on any atom is 0.226 e. The summed E-state index contributed by atoms with van der Waals surface area (Å²) in [6, 6.07) is 5.96. The first-order valence-corrected chi connectivity index (χ1v) is 6.40. The van der Waals surface area contributed by atoms with Crippen molar-refractivity contribution < 1.29 is 9.26 Å². The fourth-order valence-electron chi connectivity index (χ4n) is 1.75. The summed E-state index contributed by atoms with van der Waals surface area (Å²) in [6.45, 7) is 6.23. The second-order valence-corrected chi connectivity index (χ2v) is 4.56. The highest BCUT2D eigenvalue weighted by molar-refractivity contribution is 5.37. The normalized spacial score (nSPS) is 12.4. The van der Waals surface area contributed by atoms with Crippen molar-refractivity contribution in [2.75, 3.05) is 0 Å². The summed E-state index contributed by atoms with van der Waals surface area (Å²) in [5.74, 6) is 2.00. The Morgan fingerprint density at radius 3 is 2.79 bits per heavy atom. The zero-order chi connectivity index (χ0) is 13.8. The highest BCUT2D eigenvalue weighted by atomic mass is 16.5. The molecule has 0 fully saturated rings. The van der Waals surface area contributed by atoms with Crippen molar-refractivity contribution in [3.63, 3.8) is 0 Å². The summed E-state index contributed by atoms with van der Waals surface area (Å²) in [7, 11) is 0. The van der Waals surface area contributed by atoms with Gasteiger partial charge in [-0.2, -0.15) is 4.98 Å². The number of hydrogen-bond acceptors (Lipinski definition) is 5. The topological polar surface area (TPSA) is 74.2 Å². The molecule has 1 heterocycles. The fourth-order valence-corrected chi connectivity index (χ4v) is 1.75. The van der Waals surface area contributed by atoms with Crippen LogP contribution in [0.4, 0.5) is 0 Å². The molecule has 1 aromatic heterocycles. The van der Waals surface area contributed by atoms with Crippen LogP contribution in [0.25, 0.3) is 0 Å². The van der Waals surface area contributed by atoms with Gasteiger partial charge in [0.15, 0.2) is 6.61 Å². The summed E-state index contributed by atoms with van der Waals surface area (Å²) in [5, 5.41) is 3.85. The maximum atomic E-state index is 5.84. The molecule has 5 heteroatoms. The third-order valence-corrected chi connectivity index (χ3v) is 2.89. The van der Waals surface area contributed by atoms with E-state index in [4.69, 9.17) is 15.0 Å². The number of benzene rings is 1. The maximum absolute atomic E-state index is 5.84. The molecule has 2 rings (SSSR count). The van der Waals surface area contributed by atoms with Gasteiger partial charge in [0, 0.05) is 12.5 Å². The third-order valence-electron chi connectivity index (χ3n) is 2.89. The van der Waals surface area contributed by atoms with Gasteiger partial charge in [0.25, 0.3) is 0 Å². The fraction of sp³-hybridized carbons (Fsp3) is 0.429. The summed E-state index contributed by atoms with van der Waals surface area (Å²) in [4.78, 5) is 4.20. The molecule has 2 N–H and O–H groups in total. The number of nitrogens with two attached hydrogens (primary N) is 1. The lowest BCUT2D eigenvalue weighted by Crippen LogP contribution is -2.06. The van der Waals surface area contributed by atoms with Crippen molar-refractivity contribution in [2.45, 2.75) is 39.8 Å². The molecule has 1 aromatic carbocycles. The minimum atomic E-state index is 0.0251. The first-order chi connectivity index (χ1) is 9.10. The van der Waals surface area contributed by atoms with Crippen molar-refractivity contribution in [1.82, 2.24) is 10.1 Å². The highest BCUT2D eigenvalue weighted by Crippen LogP contribution is 2.22. The molecule has 0 radical (unpaired) electrons. The van der Waals surface area contributed by atoms with Crippen molar-refractivity contribution in [1.29, 1.82) is 0 Å². The molecule has 0 saturated heterocycles. The van der Waals surface area contributed by atoms with Crippen molar-refractivity contribution >= 4 is 0 Å². The molecule has 2 aromatic rings. The van der Waals surface area contributed by atoms with Gasteiger partial charge in [-0.25, -0.2) is 0 Å². The molecule has 0 bridgehead atoms. The molecule has 0 amide bonds. The largest absolute Gasteiger partial charge is 0.485 e. The van der Waals surface area contributed by atoms with Gasteiger partial charge in [-0.1, -0.05) is 24.2 Å². The van der Waals surface area contributed by atoms with Gasteiger partial charge >= 0.3 is 0 Å². The Hall–Kier alpha value is -1.88. The Kier molecular flexibility index (Phi) is 4.16. The molecule has 0 aliphatic rings. The average Bonchev–Trinajstić information content (AvgIpc) is 2.85. The Bertz CT molecular complexity index is 549. The van der Waals surface area contributed by atoms with Crippen LogP contribution in [0, 0.1) is 6.92 Å². The number of rotatable bonds is 5. The molecule has 0 aliphatic carbocycles. The molecular formula is C14H19N3O2. The zero-order valence-electron chi connectivity index (χ0n) is 11.5. The van der Waals surface area contributed by atoms with Crippen LogP contribution in [0.2, 0.25) is 0 Å². The SMILES string of the molecule is CCc1nc(COc2ccc([C@@H](C)N)cc2C)no1. The van der Waals surface area contributed by atoms with Crippen LogP contribution in [-0.2, 0) is 13.0 Å². The first-order valence-electron chi connectivity index (χ1n) is 6.40. The van der Waals surface area contributed by atoms with Crippen molar-refractivity contribution in [3.8, 4) is 5.75 Å². The Morgan fingerprint density at radius 2 is 2.21 bits per heavy atom. The lowest BCUT2D eigenvalue weighted by molar-refractivity contribution is 0.283. The Morgan fingerprint density at radius 1 is 1.42 bits per heavy atom. The smallest absolute Gasteiger partial charge is 0.226 e. The van der Waals surface area contributed by atoms with Crippen molar-refractivity contribution in [2.24, 2.45) is 5.73 Å². The van der Waals surface area contributed by atoms with Gasteiger partial charge in [0.2, 0.25) is 11.7 Å². The van der Waals surface area contributed by atoms with E-state index in [1.165, 1.54) is 0 Å². The van der Waals surface area contributed by atoms with Crippen LogP contribution in [0.1, 0.15) is 42.7 Å². The van der Waals surface area contributed by atoms with Gasteiger partial charge < -0.3 is 15.0 Å². The molecular weight excluding hydrogens is 242 g/mol. The van der Waals surface area contributed by atoms with E-state index in [2.05, 4.69) is 10.1 Å². The van der Waals surface area contributed by atoms with Crippen LogP contribution in [0.5, 0.6) is 5.75 Å². The second kappa shape index (κ2) is 5.84. The zero-order valence-corrected chi connectivity index (χ0v) is 11.5. The summed E-state index contributed by atoms with van der Waals surface area (Å²) in [5.41, 5.74) is 7.99. The average molecular weight is 261 g/mol. The lowest BCUT2D eigenvalue weighted by atomic mass is 10.1. The molecule has 19 heavy (non-hydrogen) atoms. The van der Waals surface area contributed by atoms with E-state index in [1.54, 1.807) is 0 Å². The second-order valence-electron chi connectivity index (χ2n) is 4.56. The number of aryl methyl sites for hydroxylation is 2. The number of ether oxygens (including phenoxy) is 1. The minimum Gasteiger partial charge on any atom is -0.485 e. The van der Waals surface area contributed by atoms with E-state index in [-0.39, 0.29) is 6.04 Å².